The third-order valence-corrected chi connectivity index (χ3v) is 5.70. The number of aromatic nitrogens is 2. The fraction of sp³-hybridized carbons (Fsp3) is 0.120. The van der Waals surface area contributed by atoms with Crippen LogP contribution in [-0.2, 0) is 13.0 Å². The summed E-state index contributed by atoms with van der Waals surface area (Å²) in [4.78, 5) is 36.6. The molecule has 1 aliphatic heterocycles. The number of nitrogens with one attached hydrogen (secondary N) is 1. The maximum atomic E-state index is 13.3. The Balaban J connectivity index is 1.41. The largest absolute Gasteiger partial charge is 0.383 e. The summed E-state index contributed by atoms with van der Waals surface area (Å²) in [5.41, 5.74) is 9.43. The molecule has 33 heavy (non-hydrogen) atoms. The number of fused-ring (bicyclic) bond motifs is 2. The van der Waals surface area contributed by atoms with Gasteiger partial charge in [-0.25, -0.2) is 9.37 Å². The van der Waals surface area contributed by atoms with Gasteiger partial charge in [-0.3, -0.25) is 14.6 Å². The number of carbonyl (C=O) groups is 2. The van der Waals surface area contributed by atoms with Gasteiger partial charge in [-0.05, 0) is 48.0 Å². The van der Waals surface area contributed by atoms with Gasteiger partial charge in [0, 0.05) is 42.5 Å². The zero-order valence-electron chi connectivity index (χ0n) is 17.6. The molecular formula is C25H20FN5O2. The van der Waals surface area contributed by atoms with E-state index in [2.05, 4.69) is 15.3 Å². The average Bonchev–Trinajstić information content (AvgIpc) is 2.84. The molecule has 0 bridgehead atoms. The highest BCUT2D eigenvalue weighted by molar-refractivity contribution is 6.07. The lowest BCUT2D eigenvalue weighted by molar-refractivity contribution is 0.0735. The third-order valence-electron chi connectivity index (χ3n) is 5.70. The number of nitrogens with zero attached hydrogens (tertiary/aromatic N) is 3. The van der Waals surface area contributed by atoms with Gasteiger partial charge in [0.25, 0.3) is 11.8 Å². The number of halogens is 1. The van der Waals surface area contributed by atoms with E-state index >= 15 is 0 Å². The van der Waals surface area contributed by atoms with Crippen LogP contribution in [0.2, 0.25) is 0 Å². The fourth-order valence-electron chi connectivity index (χ4n) is 4.02. The molecule has 0 saturated carbocycles. The molecule has 5 rings (SSSR count). The van der Waals surface area contributed by atoms with Crippen molar-refractivity contribution in [2.75, 3.05) is 17.6 Å². The first kappa shape index (κ1) is 20.6. The number of carbonyl (C=O) groups excluding carboxylic acids is 2. The van der Waals surface area contributed by atoms with Gasteiger partial charge in [-0.15, -0.1) is 0 Å². The minimum atomic E-state index is -0.448. The topological polar surface area (TPSA) is 101 Å². The summed E-state index contributed by atoms with van der Waals surface area (Å²) in [7, 11) is 0. The van der Waals surface area contributed by atoms with E-state index in [1.54, 1.807) is 23.2 Å². The summed E-state index contributed by atoms with van der Waals surface area (Å²) in [6, 6.07) is 16.4. The number of hydrogen-bond donors (Lipinski definition) is 2. The van der Waals surface area contributed by atoms with Crippen molar-refractivity contribution in [1.29, 1.82) is 0 Å². The van der Waals surface area contributed by atoms with Gasteiger partial charge in [0.15, 0.2) is 0 Å². The van der Waals surface area contributed by atoms with Gasteiger partial charge in [-0.2, -0.15) is 0 Å². The lowest BCUT2D eigenvalue weighted by Crippen LogP contribution is -2.37. The van der Waals surface area contributed by atoms with Gasteiger partial charge in [0.05, 0.1) is 16.6 Å². The maximum absolute atomic E-state index is 13.3. The lowest BCUT2D eigenvalue weighted by Gasteiger charge is -2.29. The second-order valence-electron chi connectivity index (χ2n) is 7.85. The first-order valence-corrected chi connectivity index (χ1v) is 10.5. The minimum Gasteiger partial charge on any atom is -0.383 e. The van der Waals surface area contributed by atoms with Crippen LogP contribution in [-0.4, -0.2) is 33.2 Å². The second kappa shape index (κ2) is 8.31. The second-order valence-corrected chi connectivity index (χ2v) is 7.85. The molecule has 0 aliphatic carbocycles. The van der Waals surface area contributed by atoms with E-state index in [0.29, 0.717) is 36.3 Å². The van der Waals surface area contributed by atoms with Crippen molar-refractivity contribution in [2.45, 2.75) is 13.0 Å². The first-order chi connectivity index (χ1) is 16.0. The monoisotopic (exact) mass is 441 g/mol. The van der Waals surface area contributed by atoms with Crippen molar-refractivity contribution in [2.24, 2.45) is 0 Å². The maximum Gasteiger partial charge on any atom is 0.259 e. The van der Waals surface area contributed by atoms with Gasteiger partial charge in [0.1, 0.15) is 11.6 Å². The highest BCUT2D eigenvalue weighted by Crippen LogP contribution is 2.25. The molecule has 0 fully saturated rings. The molecule has 2 amide bonds. The Kier molecular flexibility index (Phi) is 5.18. The summed E-state index contributed by atoms with van der Waals surface area (Å²) >= 11 is 0. The predicted octanol–water partition coefficient (Wildman–Crippen LogP) is 3.80. The van der Waals surface area contributed by atoms with Crippen LogP contribution in [0.5, 0.6) is 0 Å². The molecule has 0 atom stereocenters. The van der Waals surface area contributed by atoms with Gasteiger partial charge in [-0.1, -0.05) is 18.2 Å². The normalized spacial score (nSPS) is 12.9. The van der Waals surface area contributed by atoms with E-state index in [1.165, 1.54) is 24.3 Å². The zero-order valence-corrected chi connectivity index (χ0v) is 17.6. The predicted molar refractivity (Wildman–Crippen MR) is 123 cm³/mol. The van der Waals surface area contributed by atoms with Gasteiger partial charge in [0.2, 0.25) is 0 Å². The number of rotatable bonds is 3. The van der Waals surface area contributed by atoms with Crippen molar-refractivity contribution >= 4 is 34.2 Å². The van der Waals surface area contributed by atoms with E-state index < -0.39 is 11.7 Å². The third kappa shape index (κ3) is 3.98. The zero-order chi connectivity index (χ0) is 22.9. The summed E-state index contributed by atoms with van der Waals surface area (Å²) in [6.07, 6.45) is 2.20. The van der Waals surface area contributed by atoms with Crippen LogP contribution in [0, 0.1) is 5.82 Å². The first-order valence-electron chi connectivity index (χ1n) is 10.5. The quantitative estimate of drug-likeness (QED) is 0.504. The molecule has 164 valence electrons. The van der Waals surface area contributed by atoms with Crippen molar-refractivity contribution in [3.05, 3.63) is 95.1 Å². The van der Waals surface area contributed by atoms with E-state index in [9.17, 15) is 14.0 Å². The lowest BCUT2D eigenvalue weighted by atomic mass is 10.0. The Morgan fingerprint density at radius 1 is 1.03 bits per heavy atom. The number of amides is 2. The Hall–Kier alpha value is -4.33. The summed E-state index contributed by atoms with van der Waals surface area (Å²) in [6.45, 7) is 0.796. The van der Waals surface area contributed by atoms with Gasteiger partial charge >= 0.3 is 0 Å². The van der Waals surface area contributed by atoms with Crippen LogP contribution in [0.25, 0.3) is 10.9 Å². The van der Waals surface area contributed by atoms with E-state index in [-0.39, 0.29) is 17.3 Å². The Morgan fingerprint density at radius 2 is 1.82 bits per heavy atom. The van der Waals surface area contributed by atoms with Crippen LogP contribution in [0.1, 0.15) is 32.0 Å². The summed E-state index contributed by atoms with van der Waals surface area (Å²) in [5.74, 6) is -0.851. The van der Waals surface area contributed by atoms with Crippen molar-refractivity contribution < 1.29 is 14.0 Å². The molecule has 8 heteroatoms. The molecular weight excluding hydrogens is 421 g/mol. The minimum absolute atomic E-state index is 0.117. The molecule has 3 heterocycles. The van der Waals surface area contributed by atoms with Crippen molar-refractivity contribution in [3.63, 3.8) is 0 Å². The molecule has 0 radical (unpaired) electrons. The number of nitrogen functional groups attached to an aromatic ring is 1. The van der Waals surface area contributed by atoms with Crippen LogP contribution in [0.3, 0.4) is 0 Å². The highest BCUT2D eigenvalue weighted by atomic mass is 19.1. The molecule has 0 saturated heterocycles. The van der Waals surface area contributed by atoms with Crippen LogP contribution in [0.15, 0.2) is 66.9 Å². The SMILES string of the molecule is Nc1nc2c(cc1C(=O)Nc1ccc(F)cc1)CN(C(=O)c1cccc3cccnc13)CC2. The molecule has 0 unspecified atom stereocenters. The highest BCUT2D eigenvalue weighted by Gasteiger charge is 2.26. The molecule has 4 aromatic rings. The Labute approximate surface area is 189 Å². The smallest absolute Gasteiger partial charge is 0.259 e. The molecule has 3 N–H and O–H groups in total. The average molecular weight is 441 g/mol. The van der Waals surface area contributed by atoms with E-state index in [4.69, 9.17) is 5.73 Å². The van der Waals surface area contributed by atoms with Crippen molar-refractivity contribution in [1.82, 2.24) is 14.9 Å². The van der Waals surface area contributed by atoms with Gasteiger partial charge < -0.3 is 16.0 Å². The number of para-hydroxylation sites is 1. The molecule has 7 nitrogen and oxygen atoms in total. The number of hydrogen-bond acceptors (Lipinski definition) is 5. The van der Waals surface area contributed by atoms with E-state index in [0.717, 1.165) is 16.6 Å². The fourth-order valence-corrected chi connectivity index (χ4v) is 4.02. The van der Waals surface area contributed by atoms with Crippen molar-refractivity contribution in [3.8, 4) is 0 Å². The summed E-state index contributed by atoms with van der Waals surface area (Å²) in [5, 5.41) is 3.60. The molecule has 2 aromatic carbocycles. The Bertz CT molecular complexity index is 1380. The van der Waals surface area contributed by atoms with Crippen LogP contribution >= 0.6 is 0 Å². The van der Waals surface area contributed by atoms with E-state index in [1.807, 2.05) is 24.3 Å². The number of pyridine rings is 2. The number of anilines is 2. The summed E-state index contributed by atoms with van der Waals surface area (Å²) < 4.78 is 13.1. The standard InChI is InChI=1S/C25H20FN5O2/c26-17-6-8-18(9-7-17)29-24(32)20-13-16-14-31(12-10-21(16)30-23(20)27)25(33)19-5-1-3-15-4-2-11-28-22(15)19/h1-9,11,13H,10,12,14H2,(H2,27,30)(H,29,32). The molecule has 1 aliphatic rings. The Morgan fingerprint density at radius 3 is 2.64 bits per heavy atom. The number of benzene rings is 2. The van der Waals surface area contributed by atoms with Crippen LogP contribution in [0.4, 0.5) is 15.9 Å². The van der Waals surface area contributed by atoms with Crippen LogP contribution < -0.4 is 11.1 Å². The number of nitrogens with two attached hydrogens (primary N) is 1. The molecule has 0 spiro atoms. The molecule has 2 aromatic heterocycles.